The number of ether oxygens (including phenoxy) is 2. The number of benzene rings is 1. The van der Waals surface area contributed by atoms with E-state index in [4.69, 9.17) is 9.47 Å². The lowest BCUT2D eigenvalue weighted by molar-refractivity contribution is -0.124. The molecule has 138 valence electrons. The highest BCUT2D eigenvalue weighted by Gasteiger charge is 2.24. The molecule has 0 radical (unpaired) electrons. The maximum atomic E-state index is 12.2. The Balaban J connectivity index is 1.37. The highest BCUT2D eigenvalue weighted by molar-refractivity contribution is 5.78. The van der Waals surface area contributed by atoms with Crippen LogP contribution in [0, 0.1) is 19.8 Å². The first-order valence-corrected chi connectivity index (χ1v) is 9.40. The lowest BCUT2D eigenvalue weighted by atomic mass is 10.0. The van der Waals surface area contributed by atoms with Gasteiger partial charge in [-0.1, -0.05) is 18.2 Å². The molecule has 2 fully saturated rings. The molecule has 5 heteroatoms. The van der Waals surface area contributed by atoms with Crippen LogP contribution in [0.1, 0.15) is 30.4 Å². The molecule has 2 aliphatic heterocycles. The van der Waals surface area contributed by atoms with E-state index in [0.717, 1.165) is 62.6 Å². The molecule has 5 nitrogen and oxygen atoms in total. The van der Waals surface area contributed by atoms with E-state index in [9.17, 15) is 4.79 Å². The van der Waals surface area contributed by atoms with E-state index in [0.29, 0.717) is 5.92 Å². The Labute approximate surface area is 150 Å². The van der Waals surface area contributed by atoms with Crippen LogP contribution in [-0.4, -0.2) is 56.3 Å². The predicted octanol–water partition coefficient (Wildman–Crippen LogP) is 2.30. The van der Waals surface area contributed by atoms with Crippen LogP contribution in [0.2, 0.25) is 0 Å². The second-order valence-corrected chi connectivity index (χ2v) is 7.38. The van der Waals surface area contributed by atoms with Gasteiger partial charge in [-0.25, -0.2) is 0 Å². The quantitative estimate of drug-likeness (QED) is 0.859. The number of likely N-dealkylation sites (tertiary alicyclic amines) is 1. The van der Waals surface area contributed by atoms with Crippen molar-refractivity contribution in [2.24, 2.45) is 5.92 Å². The number of nitrogens with one attached hydrogen (secondary N) is 1. The van der Waals surface area contributed by atoms with E-state index in [2.05, 4.69) is 10.2 Å². The number of para-hydroxylation sites is 1. The number of aryl methyl sites for hydroxylation is 2. The number of amides is 1. The van der Waals surface area contributed by atoms with Crippen molar-refractivity contribution in [3.8, 4) is 5.75 Å². The van der Waals surface area contributed by atoms with Gasteiger partial charge in [0.25, 0.3) is 5.91 Å². The van der Waals surface area contributed by atoms with Gasteiger partial charge in [-0.3, -0.25) is 4.79 Å². The van der Waals surface area contributed by atoms with Crippen LogP contribution in [-0.2, 0) is 9.53 Å². The summed E-state index contributed by atoms with van der Waals surface area (Å²) in [5, 5.41) is 3.13. The summed E-state index contributed by atoms with van der Waals surface area (Å²) in [6.45, 7) is 9.17. The van der Waals surface area contributed by atoms with Crippen LogP contribution in [0.3, 0.4) is 0 Å². The summed E-state index contributed by atoms with van der Waals surface area (Å²) in [6, 6.07) is 6.28. The van der Waals surface area contributed by atoms with Gasteiger partial charge in [-0.05, 0) is 50.2 Å². The second-order valence-electron chi connectivity index (χ2n) is 7.38. The van der Waals surface area contributed by atoms with E-state index >= 15 is 0 Å². The fraction of sp³-hybridized carbons (Fsp3) is 0.650. The normalized spacial score (nSPS) is 22.1. The van der Waals surface area contributed by atoms with Gasteiger partial charge >= 0.3 is 0 Å². The Morgan fingerprint density at radius 1 is 1.24 bits per heavy atom. The monoisotopic (exact) mass is 346 g/mol. The largest absolute Gasteiger partial charge is 0.483 e. The summed E-state index contributed by atoms with van der Waals surface area (Å²) in [5.74, 6) is 1.49. The zero-order valence-electron chi connectivity index (χ0n) is 15.4. The lowest BCUT2D eigenvalue weighted by Crippen LogP contribution is -2.46. The minimum absolute atomic E-state index is 0.0229. The highest BCUT2D eigenvalue weighted by Crippen LogP contribution is 2.22. The van der Waals surface area contributed by atoms with Gasteiger partial charge in [0.15, 0.2) is 6.61 Å². The molecule has 1 aromatic rings. The molecular weight excluding hydrogens is 316 g/mol. The van der Waals surface area contributed by atoms with E-state index < -0.39 is 0 Å². The Bertz CT molecular complexity index is 556. The van der Waals surface area contributed by atoms with Crippen molar-refractivity contribution in [2.75, 3.05) is 39.5 Å². The molecule has 0 saturated carbocycles. The van der Waals surface area contributed by atoms with Gasteiger partial charge in [-0.15, -0.1) is 0 Å². The number of piperidine rings is 1. The van der Waals surface area contributed by atoms with Gasteiger partial charge in [0, 0.05) is 32.3 Å². The molecule has 2 saturated heterocycles. The molecule has 0 unspecified atom stereocenters. The zero-order valence-corrected chi connectivity index (χ0v) is 15.4. The molecule has 0 aliphatic carbocycles. The molecule has 2 aliphatic rings. The minimum atomic E-state index is -0.0229. The number of hydrogen-bond acceptors (Lipinski definition) is 4. The van der Waals surface area contributed by atoms with E-state index in [1.807, 2.05) is 32.0 Å². The molecule has 0 spiro atoms. The van der Waals surface area contributed by atoms with Gasteiger partial charge in [0.05, 0.1) is 6.61 Å². The van der Waals surface area contributed by atoms with Crippen molar-refractivity contribution in [1.82, 2.24) is 10.2 Å². The van der Waals surface area contributed by atoms with Crippen molar-refractivity contribution in [3.05, 3.63) is 29.3 Å². The van der Waals surface area contributed by atoms with Crippen molar-refractivity contribution in [1.29, 1.82) is 0 Å². The third-order valence-electron chi connectivity index (χ3n) is 5.25. The third kappa shape index (κ3) is 5.19. The van der Waals surface area contributed by atoms with Gasteiger partial charge < -0.3 is 19.7 Å². The summed E-state index contributed by atoms with van der Waals surface area (Å²) in [7, 11) is 0. The van der Waals surface area contributed by atoms with Crippen LogP contribution < -0.4 is 10.1 Å². The van der Waals surface area contributed by atoms with Gasteiger partial charge in [0.2, 0.25) is 0 Å². The number of carbonyl (C=O) groups excluding carboxylic acids is 1. The molecule has 3 rings (SSSR count). The first-order chi connectivity index (χ1) is 12.1. The summed E-state index contributed by atoms with van der Waals surface area (Å²) >= 11 is 0. The summed E-state index contributed by atoms with van der Waals surface area (Å²) in [5.41, 5.74) is 2.13. The Morgan fingerprint density at radius 2 is 1.96 bits per heavy atom. The smallest absolute Gasteiger partial charge is 0.258 e. The number of rotatable bonds is 6. The highest BCUT2D eigenvalue weighted by atomic mass is 16.5. The molecule has 25 heavy (non-hydrogen) atoms. The topological polar surface area (TPSA) is 50.8 Å². The molecule has 1 aromatic carbocycles. The maximum Gasteiger partial charge on any atom is 0.258 e. The van der Waals surface area contributed by atoms with Crippen LogP contribution in [0.4, 0.5) is 0 Å². The lowest BCUT2D eigenvalue weighted by Gasteiger charge is -2.33. The van der Waals surface area contributed by atoms with Crippen LogP contribution >= 0.6 is 0 Å². The summed E-state index contributed by atoms with van der Waals surface area (Å²) < 4.78 is 11.2. The van der Waals surface area contributed by atoms with Crippen molar-refractivity contribution in [2.45, 2.75) is 39.2 Å². The first kappa shape index (κ1) is 18.2. The molecule has 0 bridgehead atoms. The summed E-state index contributed by atoms with van der Waals surface area (Å²) in [6.07, 6.45) is 3.22. The number of hydrogen-bond donors (Lipinski definition) is 1. The van der Waals surface area contributed by atoms with E-state index in [1.165, 1.54) is 6.42 Å². The van der Waals surface area contributed by atoms with E-state index in [-0.39, 0.29) is 18.6 Å². The Hall–Kier alpha value is -1.59. The number of carbonyl (C=O) groups is 1. The van der Waals surface area contributed by atoms with Gasteiger partial charge in [-0.2, -0.15) is 0 Å². The molecule has 1 N–H and O–H groups in total. The van der Waals surface area contributed by atoms with Crippen molar-refractivity contribution in [3.63, 3.8) is 0 Å². The van der Waals surface area contributed by atoms with E-state index in [1.54, 1.807) is 0 Å². The second kappa shape index (κ2) is 8.68. The first-order valence-electron chi connectivity index (χ1n) is 9.40. The molecule has 1 atom stereocenters. The minimum Gasteiger partial charge on any atom is -0.483 e. The van der Waals surface area contributed by atoms with Crippen molar-refractivity contribution < 1.29 is 14.3 Å². The Kier molecular flexibility index (Phi) is 6.32. The fourth-order valence-electron chi connectivity index (χ4n) is 3.79. The van der Waals surface area contributed by atoms with Crippen molar-refractivity contribution >= 4 is 5.91 Å². The average molecular weight is 346 g/mol. The van der Waals surface area contributed by atoms with Crippen LogP contribution in [0.5, 0.6) is 5.75 Å². The predicted molar refractivity (Wildman–Crippen MR) is 97.9 cm³/mol. The summed E-state index contributed by atoms with van der Waals surface area (Å²) in [4.78, 5) is 14.7. The van der Waals surface area contributed by atoms with Gasteiger partial charge in [0.1, 0.15) is 5.75 Å². The van der Waals surface area contributed by atoms with Crippen LogP contribution in [0.25, 0.3) is 0 Å². The third-order valence-corrected chi connectivity index (χ3v) is 5.25. The number of nitrogens with zero attached hydrogens (tertiary/aromatic N) is 1. The zero-order chi connectivity index (χ0) is 17.6. The standard InChI is InChI=1S/C20H30N2O3/c1-15-4-3-5-16(2)20(15)25-14-19(23)21-18-6-9-22(10-7-18)12-17-8-11-24-13-17/h3-5,17-18H,6-14H2,1-2H3,(H,21,23)/t17-/m1/s1. The molecule has 0 aromatic heterocycles. The molecular formula is C20H30N2O3. The Morgan fingerprint density at radius 3 is 2.60 bits per heavy atom. The molecule has 1 amide bonds. The van der Waals surface area contributed by atoms with Crippen LogP contribution in [0.15, 0.2) is 18.2 Å². The maximum absolute atomic E-state index is 12.2. The molecule has 2 heterocycles. The fourth-order valence-corrected chi connectivity index (χ4v) is 3.79. The SMILES string of the molecule is Cc1cccc(C)c1OCC(=O)NC1CCN(C[C@H]2CCOC2)CC1. The average Bonchev–Trinajstić information content (AvgIpc) is 3.09.